The molecule has 2 aliphatic carbocycles. The molecule has 4 fully saturated rings. The Morgan fingerprint density at radius 1 is 1.33 bits per heavy atom. The van der Waals surface area contributed by atoms with Gasteiger partial charge in [-0.2, -0.15) is 0 Å². The summed E-state index contributed by atoms with van der Waals surface area (Å²) in [5.74, 6) is 1.80. The number of hydrogen-bond acceptors (Lipinski definition) is 4. The van der Waals surface area contributed by atoms with Crippen molar-refractivity contribution in [3.8, 4) is 0 Å². The topological polar surface area (TPSA) is 50.7 Å². The number of carbonyl (C=O) groups is 1. The maximum atomic E-state index is 12.5. The van der Waals surface area contributed by atoms with Crippen LogP contribution in [-0.2, 0) is 9.53 Å². The van der Waals surface area contributed by atoms with Crippen molar-refractivity contribution in [2.75, 3.05) is 6.61 Å². The highest BCUT2D eigenvalue weighted by atomic mass is 32.2. The Morgan fingerprint density at radius 3 is 2.86 bits per heavy atom. The number of rotatable bonds is 1. The largest absolute Gasteiger partial charge is 0.375 e. The van der Waals surface area contributed by atoms with E-state index < -0.39 is 0 Å². The molecule has 2 bridgehead atoms. The number of fused-ring (bicyclic) bond motifs is 2. The van der Waals surface area contributed by atoms with Gasteiger partial charge in [0, 0.05) is 6.61 Å². The van der Waals surface area contributed by atoms with Crippen LogP contribution >= 0.6 is 11.8 Å². The number of amides is 1. The first kappa shape index (κ1) is 14.1. The third kappa shape index (κ3) is 2.42. The molecule has 0 radical (unpaired) electrons. The van der Waals surface area contributed by atoms with E-state index in [4.69, 9.17) is 9.73 Å². The van der Waals surface area contributed by atoms with Crippen LogP contribution in [0, 0.1) is 11.8 Å². The van der Waals surface area contributed by atoms with Crippen LogP contribution in [0.3, 0.4) is 0 Å². The van der Waals surface area contributed by atoms with Crippen molar-refractivity contribution < 1.29 is 9.53 Å². The van der Waals surface area contributed by atoms with Crippen molar-refractivity contribution in [3.63, 3.8) is 0 Å². The summed E-state index contributed by atoms with van der Waals surface area (Å²) < 4.78 is 5.43. The molecule has 4 rings (SSSR count). The molecule has 0 aromatic carbocycles. The molecule has 2 saturated heterocycles. The highest BCUT2D eigenvalue weighted by molar-refractivity contribution is 8.16. The smallest absolute Gasteiger partial charge is 0.242 e. The van der Waals surface area contributed by atoms with Crippen LogP contribution in [0.4, 0.5) is 0 Å². The third-order valence-electron chi connectivity index (χ3n) is 5.62. The van der Waals surface area contributed by atoms with Crippen LogP contribution < -0.4 is 5.32 Å². The van der Waals surface area contributed by atoms with Gasteiger partial charge in [0.2, 0.25) is 5.91 Å². The molecule has 1 unspecified atom stereocenters. The minimum absolute atomic E-state index is 0.144. The highest BCUT2D eigenvalue weighted by Gasteiger charge is 2.52. The Kier molecular flexibility index (Phi) is 3.16. The summed E-state index contributed by atoms with van der Waals surface area (Å²) in [6.07, 6.45) is 6.87. The Morgan fingerprint density at radius 2 is 2.19 bits per heavy atom. The summed E-state index contributed by atoms with van der Waals surface area (Å²) in [6, 6.07) is 0.453. The number of ether oxygens (including phenoxy) is 1. The van der Waals surface area contributed by atoms with Gasteiger partial charge in [-0.1, -0.05) is 18.2 Å². The van der Waals surface area contributed by atoms with E-state index in [2.05, 4.69) is 19.2 Å². The van der Waals surface area contributed by atoms with E-state index in [1.807, 2.05) is 0 Å². The molecular weight excluding hydrogens is 284 g/mol. The van der Waals surface area contributed by atoms with E-state index in [0.717, 1.165) is 29.8 Å². The number of amidine groups is 1. The number of nitrogens with one attached hydrogen (secondary N) is 1. The Hall–Kier alpha value is -0.550. The second-order valence-electron chi connectivity index (χ2n) is 7.76. The highest BCUT2D eigenvalue weighted by Crippen LogP contribution is 2.48. The summed E-state index contributed by atoms with van der Waals surface area (Å²) in [5, 5.41) is 3.93. The van der Waals surface area contributed by atoms with Gasteiger partial charge in [0.15, 0.2) is 5.17 Å². The summed E-state index contributed by atoms with van der Waals surface area (Å²) in [5.41, 5.74) is -0.218. The molecule has 4 nitrogen and oxygen atoms in total. The van der Waals surface area contributed by atoms with Gasteiger partial charge < -0.3 is 10.1 Å². The maximum absolute atomic E-state index is 12.5. The number of aliphatic imine (C=N–C) groups is 1. The number of thioether (sulfide) groups is 1. The first-order valence-electron chi connectivity index (χ1n) is 8.18. The molecule has 4 atom stereocenters. The SMILES string of the molecule is CC1(C)C[C@]2(CCO1)SC(=N[C@H]1C[C@@H]3CCC1C3)NC2=O. The molecule has 21 heavy (non-hydrogen) atoms. The molecule has 1 spiro atoms. The predicted octanol–water partition coefficient (Wildman–Crippen LogP) is 2.72. The zero-order valence-electron chi connectivity index (χ0n) is 12.9. The van der Waals surface area contributed by atoms with Crippen molar-refractivity contribution in [3.05, 3.63) is 0 Å². The summed E-state index contributed by atoms with van der Waals surface area (Å²) in [7, 11) is 0. The molecule has 1 N–H and O–H groups in total. The second kappa shape index (κ2) is 4.72. The summed E-state index contributed by atoms with van der Waals surface area (Å²) in [6.45, 7) is 4.81. The Bertz CT molecular complexity index is 505. The lowest BCUT2D eigenvalue weighted by Gasteiger charge is -2.39. The Balaban J connectivity index is 1.51. The Labute approximate surface area is 130 Å². The maximum Gasteiger partial charge on any atom is 0.242 e. The van der Waals surface area contributed by atoms with Crippen LogP contribution in [-0.4, -0.2) is 34.1 Å². The van der Waals surface area contributed by atoms with Crippen molar-refractivity contribution in [1.29, 1.82) is 0 Å². The van der Waals surface area contributed by atoms with Gasteiger partial charge in [0.1, 0.15) is 4.75 Å². The normalized spacial score (nSPS) is 46.5. The molecule has 2 aliphatic heterocycles. The fraction of sp³-hybridized carbons (Fsp3) is 0.875. The van der Waals surface area contributed by atoms with Gasteiger partial charge in [0.05, 0.1) is 11.6 Å². The van der Waals surface area contributed by atoms with Crippen LogP contribution in [0.15, 0.2) is 4.99 Å². The van der Waals surface area contributed by atoms with Gasteiger partial charge in [-0.25, -0.2) is 0 Å². The molecule has 1 amide bonds. The lowest BCUT2D eigenvalue weighted by Crippen LogP contribution is -2.48. The average Bonchev–Trinajstić information content (AvgIpc) is 3.05. The molecule has 0 aromatic rings. The molecule has 0 aromatic heterocycles. The van der Waals surface area contributed by atoms with Gasteiger partial charge >= 0.3 is 0 Å². The van der Waals surface area contributed by atoms with E-state index in [1.165, 1.54) is 25.7 Å². The summed E-state index contributed by atoms with van der Waals surface area (Å²) >= 11 is 1.67. The predicted molar refractivity (Wildman–Crippen MR) is 84.4 cm³/mol. The monoisotopic (exact) mass is 308 g/mol. The van der Waals surface area contributed by atoms with Crippen molar-refractivity contribution in [2.24, 2.45) is 16.8 Å². The fourth-order valence-electron chi connectivity index (χ4n) is 4.65. The van der Waals surface area contributed by atoms with E-state index >= 15 is 0 Å². The van der Waals surface area contributed by atoms with E-state index in [1.54, 1.807) is 11.8 Å². The van der Waals surface area contributed by atoms with Gasteiger partial charge in [0.25, 0.3) is 0 Å². The molecule has 116 valence electrons. The van der Waals surface area contributed by atoms with E-state index in [9.17, 15) is 4.79 Å². The third-order valence-corrected chi connectivity index (χ3v) is 6.95. The molecule has 5 heteroatoms. The fourth-order valence-corrected chi connectivity index (χ4v) is 6.10. The molecule has 2 heterocycles. The quantitative estimate of drug-likeness (QED) is 0.810. The zero-order chi connectivity index (χ0) is 14.7. The standard InChI is InChI=1S/C16H24N2O2S/c1-15(2)9-16(5-6-20-15)13(19)18-14(21-16)17-12-8-10-3-4-11(12)7-10/h10-12H,3-9H2,1-2H3,(H,17,18,19)/t10-,11?,12+,16+/m1/s1. The van der Waals surface area contributed by atoms with Gasteiger partial charge in [-0.15, -0.1) is 0 Å². The van der Waals surface area contributed by atoms with Crippen LogP contribution in [0.25, 0.3) is 0 Å². The second-order valence-corrected chi connectivity index (χ2v) is 9.13. The lowest BCUT2D eigenvalue weighted by atomic mass is 9.87. The van der Waals surface area contributed by atoms with E-state index in [0.29, 0.717) is 12.6 Å². The minimum atomic E-state index is -0.349. The van der Waals surface area contributed by atoms with Gasteiger partial charge in [-0.3, -0.25) is 9.79 Å². The van der Waals surface area contributed by atoms with Crippen molar-refractivity contribution >= 4 is 22.8 Å². The van der Waals surface area contributed by atoms with Crippen LogP contribution in [0.1, 0.15) is 52.4 Å². The first-order valence-corrected chi connectivity index (χ1v) is 9.00. The summed E-state index contributed by atoms with van der Waals surface area (Å²) in [4.78, 5) is 17.4. The minimum Gasteiger partial charge on any atom is -0.375 e. The van der Waals surface area contributed by atoms with Gasteiger partial charge in [-0.05, 0) is 57.8 Å². The average molecular weight is 308 g/mol. The lowest BCUT2D eigenvalue weighted by molar-refractivity contribution is -0.129. The number of carbonyl (C=O) groups excluding carboxylic acids is 1. The molecule has 4 aliphatic rings. The van der Waals surface area contributed by atoms with Crippen LogP contribution in [0.5, 0.6) is 0 Å². The number of nitrogens with zero attached hydrogens (tertiary/aromatic N) is 1. The van der Waals surface area contributed by atoms with Crippen molar-refractivity contribution in [1.82, 2.24) is 5.32 Å². The first-order chi connectivity index (χ1) is 9.96. The van der Waals surface area contributed by atoms with Crippen molar-refractivity contribution in [2.45, 2.75) is 68.8 Å². The molecule has 2 saturated carbocycles. The van der Waals surface area contributed by atoms with E-state index in [-0.39, 0.29) is 16.3 Å². The zero-order valence-corrected chi connectivity index (χ0v) is 13.7. The number of hydrogen-bond donors (Lipinski definition) is 1. The molecular formula is C16H24N2O2S. The van der Waals surface area contributed by atoms with Crippen LogP contribution in [0.2, 0.25) is 0 Å².